The topological polar surface area (TPSA) is 84.9 Å². The normalized spacial score (nSPS) is 20.6. The number of hydrogen-bond acceptors (Lipinski definition) is 4. The van der Waals surface area contributed by atoms with Gasteiger partial charge in [-0.2, -0.15) is 0 Å². The van der Waals surface area contributed by atoms with Crippen molar-refractivity contribution in [2.75, 3.05) is 13.2 Å². The van der Waals surface area contributed by atoms with Crippen molar-refractivity contribution in [1.82, 2.24) is 5.32 Å². The zero-order valence-electron chi connectivity index (χ0n) is 12.8. The number of hydrogen-bond donors (Lipinski definition) is 2. The quantitative estimate of drug-likeness (QED) is 0.777. The highest BCUT2D eigenvalue weighted by atomic mass is 16.5. The van der Waals surface area contributed by atoms with E-state index in [9.17, 15) is 9.59 Å². The number of carbonyl (C=O) groups is 2. The monoisotopic (exact) mass is 307 g/mol. The molecule has 6 heteroatoms. The highest BCUT2D eigenvalue weighted by Gasteiger charge is 2.34. The predicted molar refractivity (Wildman–Crippen MR) is 80.0 cm³/mol. The zero-order chi connectivity index (χ0) is 16.1. The number of aryl methyl sites for hydroxylation is 2. The predicted octanol–water partition coefficient (Wildman–Crippen LogP) is 1.43. The van der Waals surface area contributed by atoms with Gasteiger partial charge >= 0.3 is 5.97 Å². The van der Waals surface area contributed by atoms with E-state index in [1.165, 1.54) is 5.56 Å². The lowest BCUT2D eigenvalue weighted by Crippen LogP contribution is -2.37. The van der Waals surface area contributed by atoms with Gasteiger partial charge in [-0.05, 0) is 38.3 Å². The zero-order valence-corrected chi connectivity index (χ0v) is 12.8. The summed E-state index contributed by atoms with van der Waals surface area (Å²) in [6.07, 6.45) is -0.753. The Morgan fingerprint density at radius 2 is 2.05 bits per heavy atom. The molecule has 1 aliphatic heterocycles. The van der Waals surface area contributed by atoms with E-state index in [0.29, 0.717) is 26.0 Å². The van der Waals surface area contributed by atoms with Crippen molar-refractivity contribution >= 4 is 11.9 Å². The van der Waals surface area contributed by atoms with E-state index in [4.69, 9.17) is 14.6 Å². The molecule has 0 aromatic heterocycles. The minimum atomic E-state index is -1.02. The van der Waals surface area contributed by atoms with Crippen LogP contribution >= 0.6 is 0 Å². The Labute approximate surface area is 129 Å². The lowest BCUT2D eigenvalue weighted by molar-refractivity contribution is -0.151. The molecule has 0 bridgehead atoms. The molecule has 6 nitrogen and oxygen atoms in total. The first-order chi connectivity index (χ1) is 10.5. The number of benzene rings is 1. The fourth-order valence-corrected chi connectivity index (χ4v) is 2.42. The number of carbonyl (C=O) groups excluding carboxylic acids is 1. The van der Waals surface area contributed by atoms with Crippen LogP contribution in [0, 0.1) is 13.8 Å². The summed E-state index contributed by atoms with van der Waals surface area (Å²) in [5, 5.41) is 11.5. The van der Waals surface area contributed by atoms with Crippen LogP contribution in [0.4, 0.5) is 0 Å². The van der Waals surface area contributed by atoms with Crippen LogP contribution in [-0.4, -0.2) is 42.3 Å². The highest BCUT2D eigenvalue weighted by Crippen LogP contribution is 2.20. The molecule has 1 saturated heterocycles. The average molecular weight is 307 g/mol. The highest BCUT2D eigenvalue weighted by molar-refractivity contribution is 5.82. The van der Waals surface area contributed by atoms with Gasteiger partial charge in [0.15, 0.2) is 6.10 Å². The number of ether oxygens (including phenoxy) is 2. The van der Waals surface area contributed by atoms with Gasteiger partial charge in [-0.25, -0.2) is 4.79 Å². The molecule has 22 heavy (non-hydrogen) atoms. The molecule has 0 aliphatic carbocycles. The Balaban J connectivity index is 1.70. The molecule has 1 amide bonds. The molecule has 2 rings (SSSR count). The standard InChI is InChI=1S/C16H21NO5/c1-10-3-4-12(11(2)9-10)21-8-7-17-15(18)13-5-6-14(22-13)16(19)20/h3-4,9,13-14H,5-8H2,1-2H3,(H,17,18)(H,19,20)/t13-,14+/m0/s1. The molecule has 120 valence electrons. The van der Waals surface area contributed by atoms with Crippen LogP contribution in [0.2, 0.25) is 0 Å². The molecule has 1 fully saturated rings. The van der Waals surface area contributed by atoms with Crippen LogP contribution in [0.3, 0.4) is 0 Å². The fraction of sp³-hybridized carbons (Fsp3) is 0.500. The van der Waals surface area contributed by atoms with Gasteiger partial charge in [0.05, 0.1) is 6.54 Å². The largest absolute Gasteiger partial charge is 0.491 e. The molecule has 2 atom stereocenters. The number of carboxylic acid groups (broad SMARTS) is 1. The van der Waals surface area contributed by atoms with Crippen molar-refractivity contribution in [2.45, 2.75) is 38.9 Å². The van der Waals surface area contributed by atoms with Gasteiger partial charge in [-0.15, -0.1) is 0 Å². The second kappa shape index (κ2) is 7.26. The molecule has 1 aromatic rings. The van der Waals surface area contributed by atoms with Gasteiger partial charge in [0, 0.05) is 0 Å². The summed E-state index contributed by atoms with van der Waals surface area (Å²) in [5.74, 6) is -0.510. The Morgan fingerprint density at radius 3 is 2.68 bits per heavy atom. The smallest absolute Gasteiger partial charge is 0.332 e. The van der Waals surface area contributed by atoms with Crippen LogP contribution < -0.4 is 10.1 Å². The minimum Gasteiger partial charge on any atom is -0.491 e. The van der Waals surface area contributed by atoms with Crippen molar-refractivity contribution in [2.24, 2.45) is 0 Å². The maximum atomic E-state index is 11.9. The van der Waals surface area contributed by atoms with Crippen molar-refractivity contribution in [3.05, 3.63) is 29.3 Å². The van der Waals surface area contributed by atoms with Crippen LogP contribution in [0.15, 0.2) is 18.2 Å². The van der Waals surface area contributed by atoms with Crippen molar-refractivity contribution in [3.63, 3.8) is 0 Å². The summed E-state index contributed by atoms with van der Waals surface area (Å²) < 4.78 is 10.8. The second-order valence-electron chi connectivity index (χ2n) is 5.44. The van der Waals surface area contributed by atoms with Crippen LogP contribution in [0.1, 0.15) is 24.0 Å². The molecule has 1 aliphatic rings. The lowest BCUT2D eigenvalue weighted by Gasteiger charge is -2.13. The van der Waals surface area contributed by atoms with E-state index in [0.717, 1.165) is 11.3 Å². The van der Waals surface area contributed by atoms with Gasteiger partial charge in [0.1, 0.15) is 18.5 Å². The van der Waals surface area contributed by atoms with Gasteiger partial charge in [0.2, 0.25) is 5.91 Å². The first kappa shape index (κ1) is 16.3. The molecule has 0 radical (unpaired) electrons. The second-order valence-corrected chi connectivity index (χ2v) is 5.44. The molecule has 2 N–H and O–H groups in total. The minimum absolute atomic E-state index is 0.284. The first-order valence-corrected chi connectivity index (χ1v) is 7.33. The third kappa shape index (κ3) is 4.21. The van der Waals surface area contributed by atoms with E-state index in [1.54, 1.807) is 0 Å². The van der Waals surface area contributed by atoms with E-state index in [2.05, 4.69) is 5.32 Å². The van der Waals surface area contributed by atoms with Gasteiger partial charge in [-0.1, -0.05) is 17.7 Å². The molecule has 0 unspecified atom stereocenters. The maximum absolute atomic E-state index is 11.9. The van der Waals surface area contributed by atoms with Gasteiger partial charge in [-0.3, -0.25) is 4.79 Å². The van der Waals surface area contributed by atoms with Crippen LogP contribution in [0.25, 0.3) is 0 Å². The molecule has 0 saturated carbocycles. The van der Waals surface area contributed by atoms with Crippen molar-refractivity contribution in [1.29, 1.82) is 0 Å². The van der Waals surface area contributed by atoms with E-state index < -0.39 is 18.2 Å². The summed E-state index contributed by atoms with van der Waals surface area (Å²) in [5.41, 5.74) is 2.22. The maximum Gasteiger partial charge on any atom is 0.332 e. The van der Waals surface area contributed by atoms with E-state index in [-0.39, 0.29) is 5.91 Å². The number of aliphatic carboxylic acids is 1. The Hall–Kier alpha value is -2.08. The molecular formula is C16H21NO5. The van der Waals surface area contributed by atoms with Gasteiger partial charge in [0.25, 0.3) is 0 Å². The third-order valence-electron chi connectivity index (χ3n) is 3.58. The van der Waals surface area contributed by atoms with E-state index in [1.807, 2.05) is 32.0 Å². The van der Waals surface area contributed by atoms with Crippen molar-refractivity contribution in [3.8, 4) is 5.75 Å². The Kier molecular flexibility index (Phi) is 5.38. The van der Waals surface area contributed by atoms with E-state index >= 15 is 0 Å². The summed E-state index contributed by atoms with van der Waals surface area (Å²) in [6.45, 7) is 4.69. The molecule has 0 spiro atoms. The molecule has 1 heterocycles. The Morgan fingerprint density at radius 1 is 1.32 bits per heavy atom. The van der Waals surface area contributed by atoms with Gasteiger partial charge < -0.3 is 19.9 Å². The summed E-state index contributed by atoms with van der Waals surface area (Å²) in [4.78, 5) is 22.6. The Bertz CT molecular complexity index is 557. The SMILES string of the molecule is Cc1ccc(OCCNC(=O)[C@@H]2CC[C@H](C(=O)O)O2)c(C)c1. The summed E-state index contributed by atoms with van der Waals surface area (Å²) >= 11 is 0. The molecular weight excluding hydrogens is 286 g/mol. The van der Waals surface area contributed by atoms with Crippen LogP contribution in [0.5, 0.6) is 5.75 Å². The first-order valence-electron chi connectivity index (χ1n) is 7.33. The number of nitrogens with one attached hydrogen (secondary N) is 1. The third-order valence-corrected chi connectivity index (χ3v) is 3.58. The average Bonchev–Trinajstić information content (AvgIpc) is 2.95. The lowest BCUT2D eigenvalue weighted by atomic mass is 10.1. The molecule has 1 aromatic carbocycles. The van der Waals surface area contributed by atoms with Crippen molar-refractivity contribution < 1.29 is 24.2 Å². The number of rotatable bonds is 6. The number of amides is 1. The summed E-state index contributed by atoms with van der Waals surface area (Å²) in [6, 6.07) is 5.91. The van der Waals surface area contributed by atoms with Crippen LogP contribution in [-0.2, 0) is 14.3 Å². The summed E-state index contributed by atoms with van der Waals surface area (Å²) in [7, 11) is 0. The number of carboxylic acids is 1. The fourth-order valence-electron chi connectivity index (χ4n) is 2.42.